The number of amides is 3. The predicted molar refractivity (Wildman–Crippen MR) is 384 cm³/mol. The van der Waals surface area contributed by atoms with Crippen molar-refractivity contribution in [2.24, 2.45) is 11.7 Å². The highest BCUT2D eigenvalue weighted by atomic mass is 32.1. The Bertz CT molecular complexity index is 3750. The van der Waals surface area contributed by atoms with Crippen LogP contribution in [-0.4, -0.2) is 90.0 Å². The molecule has 8 aromatic rings. The number of hydrogen-bond acceptors (Lipinski definition) is 14. The molecule has 0 radical (unpaired) electrons. The lowest BCUT2D eigenvalue weighted by atomic mass is 9.92. The standard InChI is InChI=1S/C41H50N4O5S2.C35H41N3O4S/c1-5-6-7-8-9-22-50-32-16-14-28(15-17-32)31-25-43-38(44-26-31)29-12-10-27(11-13-29)23-30(39(47)45-33(40(48)49)18-21-37(42)46)24-34(51)35-19-20-36(52-35)41(2,3)4;1-5-6-7-8-9-20-42-28-16-14-25(15-17-28)27-22-36-32(37-23-27)26-12-10-24(11-13-26)21-29(34(40)41)38-33(39)30-18-19-31(43-30)35(2,3)4/h10-17,19-20,25-26,30,33H,5-9,18,21-24H2,1-4H3,(H2,42,46)(H,45,47)(H,48,49);10-19,22-23,29H,5-9,20-21H2,1-4H3,(H,38,39)(H,40,41)/t30-,33+;29-/m10/s1. The minimum Gasteiger partial charge on any atom is -0.494 e. The van der Waals surface area contributed by atoms with E-state index in [0.717, 1.165) is 91.8 Å². The number of ether oxygens (including phenoxy) is 2. The third-order valence-corrected chi connectivity index (χ3v) is 19.5. The second kappa shape index (κ2) is 36.4. The van der Waals surface area contributed by atoms with Crippen molar-refractivity contribution in [3.8, 4) is 56.5 Å². The van der Waals surface area contributed by atoms with Crippen molar-refractivity contribution in [1.82, 2.24) is 30.6 Å². The van der Waals surface area contributed by atoms with E-state index in [0.29, 0.717) is 27.8 Å². The van der Waals surface area contributed by atoms with Gasteiger partial charge in [-0.25, -0.2) is 29.5 Å². The third-order valence-electron chi connectivity index (χ3n) is 15.9. The van der Waals surface area contributed by atoms with Crippen molar-refractivity contribution < 1.29 is 43.7 Å². The van der Waals surface area contributed by atoms with E-state index < -0.39 is 41.8 Å². The first kappa shape index (κ1) is 73.9. The molecule has 16 nitrogen and oxygen atoms in total. The number of nitrogens with one attached hydrogen (secondary N) is 2. The average molecular weight is 1340 g/mol. The summed E-state index contributed by atoms with van der Waals surface area (Å²) in [7, 11) is 0. The number of unbranched alkanes of at least 4 members (excludes halogenated alkanes) is 8. The fraction of sp³-hybridized carbons (Fsp3) is 0.395. The second-order valence-electron chi connectivity index (χ2n) is 25.9. The zero-order valence-corrected chi connectivity index (χ0v) is 58.4. The highest BCUT2D eigenvalue weighted by Crippen LogP contribution is 2.33. The van der Waals surface area contributed by atoms with E-state index in [1.54, 1.807) is 42.2 Å². The largest absolute Gasteiger partial charge is 0.494 e. The first-order valence-electron chi connectivity index (χ1n) is 32.9. The minimum absolute atomic E-state index is 0.0378. The van der Waals surface area contributed by atoms with E-state index in [1.807, 2.05) is 109 Å². The van der Waals surface area contributed by atoms with Gasteiger partial charge in [-0.2, -0.15) is 0 Å². The van der Waals surface area contributed by atoms with Gasteiger partial charge in [0.2, 0.25) is 11.8 Å². The Hall–Kier alpha value is -8.52. The van der Waals surface area contributed by atoms with Crippen molar-refractivity contribution in [1.29, 1.82) is 0 Å². The van der Waals surface area contributed by atoms with Gasteiger partial charge >= 0.3 is 11.9 Å². The Morgan fingerprint density at radius 1 is 0.505 bits per heavy atom. The number of nitrogens with two attached hydrogens (primary N) is 1. The Morgan fingerprint density at radius 3 is 1.33 bits per heavy atom. The summed E-state index contributed by atoms with van der Waals surface area (Å²) < 4.78 is 11.8. The predicted octanol–water partition coefficient (Wildman–Crippen LogP) is 16.3. The summed E-state index contributed by atoms with van der Waals surface area (Å²) in [5, 5.41) is 24.8. The lowest BCUT2D eigenvalue weighted by molar-refractivity contribution is -0.142. The maximum absolute atomic E-state index is 13.6. The summed E-state index contributed by atoms with van der Waals surface area (Å²) in [5.74, 6) is -1.55. The first-order chi connectivity index (χ1) is 45.5. The van der Waals surface area contributed by atoms with Gasteiger partial charge in [-0.3, -0.25) is 14.4 Å². The van der Waals surface area contributed by atoms with E-state index in [-0.39, 0.29) is 42.4 Å². The molecule has 3 atom stereocenters. The summed E-state index contributed by atoms with van der Waals surface area (Å²) in [6.45, 7) is 18.5. The molecule has 19 heteroatoms. The van der Waals surface area contributed by atoms with E-state index in [4.69, 9.17) is 27.4 Å². The number of aliphatic carboxylic acids is 2. The first-order valence-corrected chi connectivity index (χ1v) is 34.9. The number of carbonyl (C=O) groups is 5. The molecule has 0 aliphatic heterocycles. The average Bonchev–Trinajstić information content (AvgIpc) is 1.82. The van der Waals surface area contributed by atoms with Crippen LogP contribution < -0.4 is 25.8 Å². The zero-order valence-electron chi connectivity index (χ0n) is 56.0. The number of carboxylic acids is 2. The fourth-order valence-corrected chi connectivity index (χ4v) is 12.6. The van der Waals surface area contributed by atoms with E-state index in [1.165, 1.54) is 67.6 Å². The van der Waals surface area contributed by atoms with Gasteiger partial charge in [-0.1, -0.05) is 192 Å². The van der Waals surface area contributed by atoms with Crippen molar-refractivity contribution in [2.45, 2.75) is 175 Å². The molecule has 0 spiro atoms. The number of benzene rings is 4. The van der Waals surface area contributed by atoms with Crippen LogP contribution in [0.25, 0.3) is 45.0 Å². The molecule has 8 rings (SSSR count). The highest BCUT2D eigenvalue weighted by Gasteiger charge is 2.29. The highest BCUT2D eigenvalue weighted by molar-refractivity contribution is 7.81. The molecule has 4 aromatic heterocycles. The zero-order chi connectivity index (χ0) is 68.5. The van der Waals surface area contributed by atoms with Crippen molar-refractivity contribution >= 4 is 69.4 Å². The minimum atomic E-state index is -1.25. The Kier molecular flexibility index (Phi) is 28.3. The summed E-state index contributed by atoms with van der Waals surface area (Å²) in [5.41, 5.74) is 12.2. The molecule has 502 valence electrons. The molecule has 95 heavy (non-hydrogen) atoms. The smallest absolute Gasteiger partial charge is 0.326 e. The molecule has 0 bridgehead atoms. The summed E-state index contributed by atoms with van der Waals surface area (Å²) in [6.07, 6.45) is 19.7. The van der Waals surface area contributed by atoms with Gasteiger partial charge < -0.3 is 36.1 Å². The van der Waals surface area contributed by atoms with Crippen molar-refractivity contribution in [3.05, 3.63) is 177 Å². The lowest BCUT2D eigenvalue weighted by Crippen LogP contribution is -2.45. The van der Waals surface area contributed by atoms with Crippen LogP contribution in [0.5, 0.6) is 11.5 Å². The number of carbonyl (C=O) groups excluding carboxylic acids is 3. The number of primary amides is 1. The van der Waals surface area contributed by atoms with Crippen LogP contribution in [-0.2, 0) is 42.8 Å². The van der Waals surface area contributed by atoms with E-state index in [2.05, 4.69) is 92.0 Å². The molecule has 6 N–H and O–H groups in total. The fourth-order valence-electron chi connectivity index (χ4n) is 10.2. The number of thiocarbonyl (C=S) groups is 1. The van der Waals surface area contributed by atoms with Crippen LogP contribution in [0.3, 0.4) is 0 Å². The molecule has 3 amide bonds. The Morgan fingerprint density at radius 2 is 0.916 bits per heavy atom. The molecular weight excluding hydrogens is 1250 g/mol. The summed E-state index contributed by atoms with van der Waals surface area (Å²) >= 11 is 8.81. The SMILES string of the molecule is CCCCCCCOc1ccc(-c2cnc(-c3ccc(C[C@H](CC(=S)c4ccc(C(C)(C)C)s4)C(=O)N[C@@H](CCC(N)=O)C(=O)O)cc3)nc2)cc1.CCCCCCCOc1ccc(-c2cnc(-c3ccc(C[C@H](NC(=O)c4ccc(C(C)(C)C)s4)C(=O)O)cc3)nc2)cc1. The summed E-state index contributed by atoms with van der Waals surface area (Å²) in [4.78, 5) is 84.2. The number of nitrogens with zero attached hydrogens (tertiary/aromatic N) is 4. The van der Waals surface area contributed by atoms with Gasteiger partial charge in [-0.05, 0) is 114 Å². The van der Waals surface area contributed by atoms with Crippen LogP contribution in [0, 0.1) is 5.92 Å². The molecule has 0 saturated carbocycles. The van der Waals surface area contributed by atoms with Gasteiger partial charge in [0.1, 0.15) is 23.6 Å². The number of aromatic nitrogens is 4. The lowest BCUT2D eigenvalue weighted by Gasteiger charge is -2.21. The van der Waals surface area contributed by atoms with Gasteiger partial charge in [-0.15, -0.1) is 22.7 Å². The van der Waals surface area contributed by atoms with Crippen LogP contribution >= 0.6 is 34.9 Å². The van der Waals surface area contributed by atoms with Gasteiger partial charge in [0.15, 0.2) is 11.6 Å². The molecule has 4 aromatic carbocycles. The number of hydrogen-bond donors (Lipinski definition) is 5. The topological polar surface area (TPSA) is 246 Å². The number of rotatable bonds is 34. The van der Waals surface area contributed by atoms with Gasteiger partial charge in [0, 0.05) is 85.3 Å². The van der Waals surface area contributed by atoms with E-state index >= 15 is 0 Å². The normalized spacial score (nSPS) is 12.3. The number of thiophene rings is 2. The molecule has 0 saturated heterocycles. The van der Waals surface area contributed by atoms with Gasteiger partial charge in [0.05, 0.1) is 18.1 Å². The van der Waals surface area contributed by atoms with Crippen molar-refractivity contribution in [2.75, 3.05) is 13.2 Å². The van der Waals surface area contributed by atoms with E-state index in [9.17, 15) is 34.2 Å². The molecule has 0 fully saturated rings. The third kappa shape index (κ3) is 23.7. The molecule has 0 unspecified atom stereocenters. The maximum atomic E-state index is 13.6. The van der Waals surface area contributed by atoms with Crippen LogP contribution in [0.2, 0.25) is 0 Å². The van der Waals surface area contributed by atoms with Crippen LogP contribution in [0.15, 0.2) is 146 Å². The maximum Gasteiger partial charge on any atom is 0.326 e. The summed E-state index contributed by atoms with van der Waals surface area (Å²) in [6, 6.07) is 36.5. The molecule has 0 aliphatic carbocycles. The Balaban J connectivity index is 0.000000273. The second-order valence-corrected chi connectivity index (χ2v) is 28.5. The molecular formula is C76H91N7O9S3. The number of carboxylic acid groups (broad SMARTS) is 2. The molecule has 0 aliphatic rings. The monoisotopic (exact) mass is 1340 g/mol. The quantitative estimate of drug-likeness (QED) is 0.0143. The Labute approximate surface area is 573 Å². The van der Waals surface area contributed by atoms with Crippen LogP contribution in [0.4, 0.5) is 0 Å². The van der Waals surface area contributed by atoms with Crippen molar-refractivity contribution in [3.63, 3.8) is 0 Å². The van der Waals surface area contributed by atoms with Crippen LogP contribution in [0.1, 0.15) is 174 Å². The molecule has 4 heterocycles. The van der Waals surface area contributed by atoms with Gasteiger partial charge in [0.25, 0.3) is 5.91 Å².